The Morgan fingerprint density at radius 1 is 1.00 bits per heavy atom. The first kappa shape index (κ1) is 15.6. The topological polar surface area (TPSA) is 12.0 Å². The molecule has 0 aromatic heterocycles. The van der Waals surface area contributed by atoms with E-state index in [0.29, 0.717) is 18.0 Å². The molecule has 0 saturated heterocycles. The SMILES string of the molecule is CC(C)CC(NCc1cc(F)ccc1F)c1ccccc1. The average Bonchev–Trinajstić information content (AvgIpc) is 2.47. The minimum Gasteiger partial charge on any atom is -0.306 e. The Balaban J connectivity index is 2.10. The van der Waals surface area contributed by atoms with Crippen molar-refractivity contribution in [3.63, 3.8) is 0 Å². The Hall–Kier alpha value is -1.74. The highest BCUT2D eigenvalue weighted by molar-refractivity contribution is 5.21. The molecule has 0 aliphatic carbocycles. The van der Waals surface area contributed by atoms with E-state index < -0.39 is 5.82 Å². The summed E-state index contributed by atoms with van der Waals surface area (Å²) in [5.74, 6) is -0.270. The quantitative estimate of drug-likeness (QED) is 0.802. The maximum absolute atomic E-state index is 13.7. The van der Waals surface area contributed by atoms with E-state index in [4.69, 9.17) is 0 Å². The molecule has 1 nitrogen and oxygen atoms in total. The molecule has 0 radical (unpaired) electrons. The third-order valence-corrected chi connectivity index (χ3v) is 3.46. The zero-order valence-corrected chi connectivity index (χ0v) is 12.4. The lowest BCUT2D eigenvalue weighted by Gasteiger charge is -2.21. The van der Waals surface area contributed by atoms with Crippen molar-refractivity contribution in [2.45, 2.75) is 32.9 Å². The average molecular weight is 289 g/mol. The number of rotatable bonds is 6. The molecule has 0 heterocycles. The van der Waals surface area contributed by atoms with Gasteiger partial charge in [-0.15, -0.1) is 0 Å². The molecule has 0 bridgehead atoms. The summed E-state index contributed by atoms with van der Waals surface area (Å²) in [7, 11) is 0. The van der Waals surface area contributed by atoms with E-state index in [1.807, 2.05) is 18.2 Å². The van der Waals surface area contributed by atoms with Gasteiger partial charge >= 0.3 is 0 Å². The van der Waals surface area contributed by atoms with E-state index in [-0.39, 0.29) is 11.9 Å². The van der Waals surface area contributed by atoms with E-state index in [1.54, 1.807) is 0 Å². The maximum Gasteiger partial charge on any atom is 0.127 e. The highest BCUT2D eigenvalue weighted by Gasteiger charge is 2.14. The lowest BCUT2D eigenvalue weighted by Crippen LogP contribution is -2.23. The van der Waals surface area contributed by atoms with Crippen molar-refractivity contribution in [2.24, 2.45) is 5.92 Å². The molecule has 0 fully saturated rings. The summed E-state index contributed by atoms with van der Waals surface area (Å²) in [5.41, 5.74) is 1.53. The number of hydrogen-bond acceptors (Lipinski definition) is 1. The summed E-state index contributed by atoms with van der Waals surface area (Å²) in [5, 5.41) is 3.35. The van der Waals surface area contributed by atoms with Crippen LogP contribution in [0, 0.1) is 17.6 Å². The first-order valence-corrected chi connectivity index (χ1v) is 7.28. The third kappa shape index (κ3) is 4.64. The molecule has 0 amide bonds. The van der Waals surface area contributed by atoms with Crippen LogP contribution in [0.1, 0.15) is 37.4 Å². The van der Waals surface area contributed by atoms with E-state index in [0.717, 1.165) is 12.5 Å². The largest absolute Gasteiger partial charge is 0.306 e. The van der Waals surface area contributed by atoms with Crippen molar-refractivity contribution in [3.8, 4) is 0 Å². The van der Waals surface area contributed by atoms with Crippen LogP contribution in [-0.4, -0.2) is 0 Å². The van der Waals surface area contributed by atoms with E-state index >= 15 is 0 Å². The van der Waals surface area contributed by atoms with Crippen LogP contribution in [0.3, 0.4) is 0 Å². The Bertz CT molecular complexity index is 567. The van der Waals surface area contributed by atoms with Gasteiger partial charge in [0.15, 0.2) is 0 Å². The van der Waals surface area contributed by atoms with Crippen molar-refractivity contribution in [2.75, 3.05) is 0 Å². The Morgan fingerprint density at radius 3 is 2.38 bits per heavy atom. The molecule has 112 valence electrons. The Labute approximate surface area is 125 Å². The van der Waals surface area contributed by atoms with Crippen LogP contribution in [-0.2, 0) is 6.54 Å². The van der Waals surface area contributed by atoms with Crippen molar-refractivity contribution in [3.05, 3.63) is 71.3 Å². The minimum atomic E-state index is -0.409. The van der Waals surface area contributed by atoms with E-state index in [1.165, 1.54) is 17.7 Å². The molecule has 1 atom stereocenters. The molecule has 0 spiro atoms. The molecular formula is C18H21F2N. The lowest BCUT2D eigenvalue weighted by atomic mass is 9.97. The second kappa shape index (κ2) is 7.32. The highest BCUT2D eigenvalue weighted by Crippen LogP contribution is 2.22. The van der Waals surface area contributed by atoms with Gasteiger partial charge in [0.05, 0.1) is 0 Å². The Morgan fingerprint density at radius 2 is 1.71 bits per heavy atom. The summed E-state index contributed by atoms with van der Waals surface area (Å²) in [4.78, 5) is 0. The van der Waals surface area contributed by atoms with Crippen molar-refractivity contribution in [1.29, 1.82) is 0 Å². The third-order valence-electron chi connectivity index (χ3n) is 3.46. The second-order valence-electron chi connectivity index (χ2n) is 5.71. The Kier molecular flexibility index (Phi) is 5.45. The molecule has 3 heteroatoms. The molecule has 0 saturated carbocycles. The molecule has 0 aliphatic heterocycles. The van der Waals surface area contributed by atoms with Crippen LogP contribution in [0.2, 0.25) is 0 Å². The van der Waals surface area contributed by atoms with Crippen LogP contribution in [0.4, 0.5) is 8.78 Å². The van der Waals surface area contributed by atoms with Crippen molar-refractivity contribution in [1.82, 2.24) is 5.32 Å². The summed E-state index contributed by atoms with van der Waals surface area (Å²) in [6.07, 6.45) is 0.945. The number of benzene rings is 2. The van der Waals surface area contributed by atoms with Gasteiger partial charge in [-0.25, -0.2) is 8.78 Å². The maximum atomic E-state index is 13.7. The summed E-state index contributed by atoms with van der Waals surface area (Å²) >= 11 is 0. The summed E-state index contributed by atoms with van der Waals surface area (Å²) in [6.45, 7) is 4.62. The van der Waals surface area contributed by atoms with Gasteiger partial charge in [-0.3, -0.25) is 0 Å². The summed E-state index contributed by atoms with van der Waals surface area (Å²) < 4.78 is 26.9. The van der Waals surface area contributed by atoms with Crippen LogP contribution >= 0.6 is 0 Å². The molecule has 1 unspecified atom stereocenters. The van der Waals surface area contributed by atoms with Crippen molar-refractivity contribution >= 4 is 0 Å². The molecule has 0 aliphatic rings. The van der Waals surface area contributed by atoms with Crippen LogP contribution in [0.25, 0.3) is 0 Å². The molecule has 2 rings (SSSR count). The van der Waals surface area contributed by atoms with Gasteiger partial charge in [-0.05, 0) is 36.1 Å². The minimum absolute atomic E-state index is 0.133. The highest BCUT2D eigenvalue weighted by atomic mass is 19.1. The molecule has 21 heavy (non-hydrogen) atoms. The number of hydrogen-bond donors (Lipinski definition) is 1. The van der Waals surface area contributed by atoms with Crippen LogP contribution < -0.4 is 5.32 Å². The second-order valence-corrected chi connectivity index (χ2v) is 5.71. The van der Waals surface area contributed by atoms with E-state index in [9.17, 15) is 8.78 Å². The van der Waals surface area contributed by atoms with Crippen LogP contribution in [0.15, 0.2) is 48.5 Å². The van der Waals surface area contributed by atoms with Gasteiger partial charge in [0.25, 0.3) is 0 Å². The number of nitrogens with one attached hydrogen (secondary N) is 1. The fraction of sp³-hybridized carbons (Fsp3) is 0.333. The van der Waals surface area contributed by atoms with Gasteiger partial charge in [-0.1, -0.05) is 44.2 Å². The zero-order valence-electron chi connectivity index (χ0n) is 12.4. The number of halogens is 2. The first-order chi connectivity index (χ1) is 10.1. The molecule has 2 aromatic carbocycles. The first-order valence-electron chi connectivity index (χ1n) is 7.28. The molecule has 1 N–H and O–H groups in total. The fourth-order valence-corrected chi connectivity index (χ4v) is 2.41. The predicted molar refractivity (Wildman–Crippen MR) is 81.8 cm³/mol. The lowest BCUT2D eigenvalue weighted by molar-refractivity contribution is 0.424. The normalized spacial score (nSPS) is 12.6. The monoisotopic (exact) mass is 289 g/mol. The molecule has 2 aromatic rings. The standard InChI is InChI=1S/C18H21F2N/c1-13(2)10-18(14-6-4-3-5-7-14)21-12-15-11-16(19)8-9-17(15)20/h3-9,11,13,18,21H,10,12H2,1-2H3. The van der Waals surface area contributed by atoms with E-state index in [2.05, 4.69) is 31.3 Å². The van der Waals surface area contributed by atoms with Gasteiger partial charge in [0.1, 0.15) is 11.6 Å². The van der Waals surface area contributed by atoms with Crippen LogP contribution in [0.5, 0.6) is 0 Å². The van der Waals surface area contributed by atoms with Crippen molar-refractivity contribution < 1.29 is 8.78 Å². The fourth-order valence-electron chi connectivity index (χ4n) is 2.41. The predicted octanol–water partition coefficient (Wildman–Crippen LogP) is 4.84. The molecular weight excluding hydrogens is 268 g/mol. The smallest absolute Gasteiger partial charge is 0.127 e. The van der Waals surface area contributed by atoms with Gasteiger partial charge in [0.2, 0.25) is 0 Å². The van der Waals surface area contributed by atoms with Gasteiger partial charge < -0.3 is 5.32 Å². The summed E-state index contributed by atoms with van der Waals surface area (Å²) in [6, 6.07) is 13.8. The van der Waals surface area contributed by atoms with Gasteiger partial charge in [-0.2, -0.15) is 0 Å². The zero-order chi connectivity index (χ0) is 15.2. The van der Waals surface area contributed by atoms with Gasteiger partial charge in [0, 0.05) is 18.2 Å².